The largest absolute Gasteiger partial charge is 0.464 e. The second-order valence-corrected chi connectivity index (χ2v) is 10.9. The molecule has 194 valence electrons. The summed E-state index contributed by atoms with van der Waals surface area (Å²) in [7, 11) is 0. The molecular formula is C29H33N3O4S. The number of aryl methyl sites for hydroxylation is 2. The van der Waals surface area contributed by atoms with E-state index in [-0.39, 0.29) is 18.4 Å². The summed E-state index contributed by atoms with van der Waals surface area (Å²) in [6.07, 6.45) is 1.40. The molecule has 0 spiro atoms. The number of furan rings is 1. The third kappa shape index (κ3) is 7.20. The Morgan fingerprint density at radius 3 is 2.57 bits per heavy atom. The number of carbonyl (C=O) groups excluding carboxylic acids is 2. The molecule has 4 rings (SSSR count). The predicted octanol–water partition coefficient (Wildman–Crippen LogP) is 6.03. The molecule has 0 saturated carbocycles. The molecule has 0 bridgehead atoms. The van der Waals surface area contributed by atoms with Crippen molar-refractivity contribution in [3.05, 3.63) is 87.6 Å². The highest BCUT2D eigenvalue weighted by Gasteiger charge is 2.28. The number of fused-ring (bicyclic) bond motifs is 1. The Labute approximate surface area is 221 Å². The van der Waals surface area contributed by atoms with E-state index >= 15 is 0 Å². The molecular weight excluding hydrogens is 486 g/mol. The lowest BCUT2D eigenvalue weighted by Crippen LogP contribution is -2.50. The second-order valence-electron chi connectivity index (χ2n) is 9.61. The van der Waals surface area contributed by atoms with Crippen LogP contribution in [0.15, 0.2) is 65.3 Å². The van der Waals surface area contributed by atoms with Crippen molar-refractivity contribution in [1.82, 2.24) is 15.2 Å². The summed E-state index contributed by atoms with van der Waals surface area (Å²) in [6, 6.07) is 16.8. The Kier molecular flexibility index (Phi) is 8.61. The maximum atomic E-state index is 13.9. The SMILES string of the molecule is Cc1nc(C)c(COC(=O)N[C@@H](Cc2ccccc2)C(=O)N(Cc2ccc3occc3c2)CC(C)C)s1. The topological polar surface area (TPSA) is 84.7 Å². The third-order valence-electron chi connectivity index (χ3n) is 5.99. The van der Waals surface area contributed by atoms with Gasteiger partial charge in [0.2, 0.25) is 5.91 Å². The summed E-state index contributed by atoms with van der Waals surface area (Å²) >= 11 is 1.50. The van der Waals surface area contributed by atoms with E-state index < -0.39 is 12.1 Å². The van der Waals surface area contributed by atoms with Gasteiger partial charge in [0.1, 0.15) is 18.2 Å². The van der Waals surface area contributed by atoms with Crippen molar-refractivity contribution in [2.75, 3.05) is 6.54 Å². The minimum absolute atomic E-state index is 0.121. The van der Waals surface area contributed by atoms with Crippen molar-refractivity contribution >= 4 is 34.3 Å². The lowest BCUT2D eigenvalue weighted by atomic mass is 10.0. The molecule has 0 fully saturated rings. The average Bonchev–Trinajstić information content (AvgIpc) is 3.46. The van der Waals surface area contributed by atoms with Gasteiger partial charge in [0.25, 0.3) is 0 Å². The van der Waals surface area contributed by atoms with E-state index in [2.05, 4.69) is 24.1 Å². The molecule has 0 unspecified atom stereocenters. The van der Waals surface area contributed by atoms with Crippen LogP contribution in [-0.4, -0.2) is 34.5 Å². The van der Waals surface area contributed by atoms with Crippen molar-refractivity contribution in [1.29, 1.82) is 0 Å². The highest BCUT2D eigenvalue weighted by molar-refractivity contribution is 7.11. The first kappa shape index (κ1) is 26.4. The van der Waals surface area contributed by atoms with Crippen LogP contribution in [0.5, 0.6) is 0 Å². The highest BCUT2D eigenvalue weighted by Crippen LogP contribution is 2.20. The van der Waals surface area contributed by atoms with E-state index in [9.17, 15) is 9.59 Å². The maximum absolute atomic E-state index is 13.9. The molecule has 0 radical (unpaired) electrons. The molecule has 2 heterocycles. The fourth-order valence-corrected chi connectivity index (χ4v) is 5.15. The fourth-order valence-electron chi connectivity index (χ4n) is 4.30. The van der Waals surface area contributed by atoms with Crippen LogP contribution in [0.25, 0.3) is 11.0 Å². The van der Waals surface area contributed by atoms with Crippen LogP contribution in [0.2, 0.25) is 0 Å². The summed E-state index contributed by atoms with van der Waals surface area (Å²) in [5.41, 5.74) is 3.62. The lowest BCUT2D eigenvalue weighted by molar-refractivity contribution is -0.134. The number of thiazole rings is 1. The van der Waals surface area contributed by atoms with E-state index in [4.69, 9.17) is 9.15 Å². The minimum atomic E-state index is -0.768. The number of hydrogen-bond acceptors (Lipinski definition) is 6. The number of nitrogens with zero attached hydrogens (tertiary/aromatic N) is 2. The van der Waals surface area contributed by atoms with Crippen molar-refractivity contribution in [2.24, 2.45) is 5.92 Å². The smallest absolute Gasteiger partial charge is 0.408 e. The molecule has 0 aliphatic heterocycles. The summed E-state index contributed by atoms with van der Waals surface area (Å²) < 4.78 is 11.0. The molecule has 0 saturated heterocycles. The van der Waals surface area contributed by atoms with Crippen LogP contribution in [0, 0.1) is 19.8 Å². The Bertz CT molecular complexity index is 1350. The quantitative estimate of drug-likeness (QED) is 0.277. The van der Waals surface area contributed by atoms with E-state index in [1.54, 1.807) is 6.26 Å². The average molecular weight is 520 g/mol. The lowest BCUT2D eigenvalue weighted by Gasteiger charge is -2.29. The van der Waals surface area contributed by atoms with E-state index in [0.717, 1.165) is 37.7 Å². The van der Waals surface area contributed by atoms with E-state index in [0.29, 0.717) is 19.5 Å². The van der Waals surface area contributed by atoms with Gasteiger partial charge >= 0.3 is 6.09 Å². The number of benzene rings is 2. The molecule has 0 aliphatic rings. The van der Waals surface area contributed by atoms with Gasteiger partial charge in [-0.05, 0) is 49.1 Å². The number of alkyl carbamates (subject to hydrolysis) is 1. The number of amides is 2. The number of rotatable bonds is 10. The van der Waals surface area contributed by atoms with Gasteiger partial charge in [-0.15, -0.1) is 11.3 Å². The van der Waals surface area contributed by atoms with Crippen molar-refractivity contribution < 1.29 is 18.7 Å². The standard InChI is InChI=1S/C29H33N3O4S/c1-19(2)16-32(17-23-10-11-26-24(14-23)12-13-35-26)28(33)25(15-22-8-6-5-7-9-22)31-29(34)36-18-27-20(3)30-21(4)37-27/h5-14,19,25H,15-18H2,1-4H3,(H,31,34)/t25-/m0/s1. The monoisotopic (exact) mass is 519 g/mol. The number of carbonyl (C=O) groups is 2. The first-order valence-electron chi connectivity index (χ1n) is 12.4. The van der Waals surface area contributed by atoms with Crippen molar-refractivity contribution in [3.63, 3.8) is 0 Å². The Balaban J connectivity index is 1.52. The van der Waals surface area contributed by atoms with Crippen LogP contribution in [-0.2, 0) is 29.1 Å². The van der Waals surface area contributed by atoms with Gasteiger partial charge in [-0.3, -0.25) is 4.79 Å². The van der Waals surface area contributed by atoms with Crippen LogP contribution in [0.3, 0.4) is 0 Å². The fraction of sp³-hybridized carbons (Fsp3) is 0.345. The second kappa shape index (κ2) is 12.1. The molecule has 1 atom stereocenters. The number of aromatic nitrogens is 1. The number of nitrogens with one attached hydrogen (secondary N) is 1. The van der Waals surface area contributed by atoms with Crippen LogP contribution >= 0.6 is 11.3 Å². The zero-order chi connectivity index (χ0) is 26.4. The molecule has 1 N–H and O–H groups in total. The Morgan fingerprint density at radius 2 is 1.86 bits per heavy atom. The van der Waals surface area contributed by atoms with Gasteiger partial charge in [0.05, 0.1) is 21.8 Å². The molecule has 37 heavy (non-hydrogen) atoms. The first-order valence-corrected chi connectivity index (χ1v) is 13.2. The molecule has 2 amide bonds. The molecule has 2 aromatic carbocycles. The third-order valence-corrected chi connectivity index (χ3v) is 7.04. The van der Waals surface area contributed by atoms with Crippen LogP contribution < -0.4 is 5.32 Å². The zero-order valence-corrected chi connectivity index (χ0v) is 22.5. The molecule has 0 aliphatic carbocycles. The summed E-state index contributed by atoms with van der Waals surface area (Å²) in [4.78, 5) is 33.8. The van der Waals surface area contributed by atoms with Crippen LogP contribution in [0.1, 0.15) is 40.6 Å². The summed E-state index contributed by atoms with van der Waals surface area (Å²) in [5.74, 6) is 0.107. The minimum Gasteiger partial charge on any atom is -0.464 e. The van der Waals surface area contributed by atoms with Gasteiger partial charge in [0, 0.05) is 24.9 Å². The van der Waals surface area contributed by atoms with Gasteiger partial charge < -0.3 is 19.4 Å². The molecule has 8 heteroatoms. The highest BCUT2D eigenvalue weighted by atomic mass is 32.1. The number of ether oxygens (including phenoxy) is 1. The van der Waals surface area contributed by atoms with E-state index in [1.807, 2.05) is 73.3 Å². The van der Waals surface area contributed by atoms with E-state index in [1.165, 1.54) is 11.3 Å². The van der Waals surface area contributed by atoms with Gasteiger partial charge in [-0.2, -0.15) is 0 Å². The normalized spacial score (nSPS) is 12.0. The molecule has 2 aromatic heterocycles. The molecule has 4 aromatic rings. The number of hydrogen-bond donors (Lipinski definition) is 1. The zero-order valence-electron chi connectivity index (χ0n) is 21.7. The molecule has 7 nitrogen and oxygen atoms in total. The van der Waals surface area contributed by atoms with Gasteiger partial charge in [-0.25, -0.2) is 9.78 Å². The summed E-state index contributed by atoms with van der Waals surface area (Å²) in [6.45, 7) is 9.08. The Morgan fingerprint density at radius 1 is 1.08 bits per heavy atom. The van der Waals surface area contributed by atoms with Gasteiger partial charge in [0.15, 0.2) is 0 Å². The van der Waals surface area contributed by atoms with Crippen molar-refractivity contribution in [2.45, 2.75) is 53.3 Å². The van der Waals surface area contributed by atoms with Crippen LogP contribution in [0.4, 0.5) is 4.79 Å². The predicted molar refractivity (Wildman–Crippen MR) is 145 cm³/mol. The Hall–Kier alpha value is -3.65. The summed E-state index contributed by atoms with van der Waals surface area (Å²) in [5, 5.41) is 4.76. The van der Waals surface area contributed by atoms with Crippen molar-refractivity contribution in [3.8, 4) is 0 Å². The maximum Gasteiger partial charge on any atom is 0.408 e. The first-order chi connectivity index (χ1) is 17.8. The van der Waals surface area contributed by atoms with Gasteiger partial charge in [-0.1, -0.05) is 50.2 Å².